The highest BCUT2D eigenvalue weighted by molar-refractivity contribution is 5.89. The van der Waals surface area contributed by atoms with Crippen molar-refractivity contribution in [3.63, 3.8) is 0 Å². The number of Topliss-reactive ketones (excluding diaryl/α,β-unsaturated/α-hetero) is 1. The van der Waals surface area contributed by atoms with Crippen LogP contribution in [0.25, 0.3) is 0 Å². The van der Waals surface area contributed by atoms with Crippen molar-refractivity contribution in [1.29, 1.82) is 0 Å². The lowest BCUT2D eigenvalue weighted by atomic mass is 9.70. The van der Waals surface area contributed by atoms with Gasteiger partial charge in [0.25, 0.3) is 0 Å². The highest BCUT2D eigenvalue weighted by atomic mass is 16.6. The van der Waals surface area contributed by atoms with E-state index in [4.69, 9.17) is 4.74 Å². The number of carbonyl (C=O) groups excluding carboxylic acids is 3. The molecule has 5 heteroatoms. The van der Waals surface area contributed by atoms with Crippen LogP contribution in [-0.4, -0.2) is 29.3 Å². The van der Waals surface area contributed by atoms with Gasteiger partial charge in [-0.05, 0) is 52.4 Å². The minimum Gasteiger partial charge on any atom is -0.458 e. The molecule has 5 nitrogen and oxygen atoms in total. The average molecular weight is 426 g/mol. The summed E-state index contributed by atoms with van der Waals surface area (Å²) in [6, 6.07) is -0.723. The van der Waals surface area contributed by atoms with Gasteiger partial charge < -0.3 is 10.1 Å². The van der Waals surface area contributed by atoms with Gasteiger partial charge >= 0.3 is 5.97 Å². The molecule has 30 heavy (non-hydrogen) atoms. The molecule has 0 spiro atoms. The lowest BCUT2D eigenvalue weighted by molar-refractivity contribution is -0.161. The average Bonchev–Trinajstić information content (AvgIpc) is 2.56. The summed E-state index contributed by atoms with van der Waals surface area (Å²) in [5.74, 6) is 0.101. The van der Waals surface area contributed by atoms with Gasteiger partial charge in [-0.3, -0.25) is 9.59 Å². The molecule has 0 saturated carbocycles. The molecular formula is C25H47NO4. The Morgan fingerprint density at radius 1 is 0.767 bits per heavy atom. The molecule has 0 rings (SSSR count). The molecule has 0 aromatic carbocycles. The summed E-state index contributed by atoms with van der Waals surface area (Å²) in [6.07, 6.45) is 2.90. The Morgan fingerprint density at radius 2 is 1.23 bits per heavy atom. The number of nitrogens with one attached hydrogen (secondary N) is 1. The molecule has 1 N–H and O–H groups in total. The van der Waals surface area contributed by atoms with Crippen LogP contribution in [-0.2, 0) is 19.1 Å². The van der Waals surface area contributed by atoms with E-state index < -0.39 is 33.9 Å². The molecule has 0 fully saturated rings. The van der Waals surface area contributed by atoms with E-state index >= 15 is 0 Å². The Balaban J connectivity index is 4.89. The van der Waals surface area contributed by atoms with Crippen molar-refractivity contribution < 1.29 is 19.1 Å². The van der Waals surface area contributed by atoms with E-state index in [0.29, 0.717) is 18.8 Å². The van der Waals surface area contributed by atoms with Crippen molar-refractivity contribution in [2.75, 3.05) is 0 Å². The summed E-state index contributed by atoms with van der Waals surface area (Å²) in [7, 11) is 0. The van der Waals surface area contributed by atoms with Crippen LogP contribution >= 0.6 is 0 Å². The number of amides is 1. The van der Waals surface area contributed by atoms with Crippen LogP contribution in [0.4, 0.5) is 0 Å². The second kappa shape index (κ2) is 10.3. The summed E-state index contributed by atoms with van der Waals surface area (Å²) in [4.78, 5) is 38.0. The monoisotopic (exact) mass is 425 g/mol. The molecule has 0 bridgehead atoms. The van der Waals surface area contributed by atoms with Crippen molar-refractivity contribution in [3.05, 3.63) is 0 Å². The molecule has 176 valence electrons. The van der Waals surface area contributed by atoms with Crippen LogP contribution in [0, 0.1) is 22.2 Å². The molecule has 0 aliphatic heterocycles. The molecule has 1 amide bonds. The zero-order valence-electron chi connectivity index (χ0n) is 21.6. The largest absolute Gasteiger partial charge is 0.458 e. The Hall–Kier alpha value is -1.39. The first-order valence-electron chi connectivity index (χ1n) is 11.3. The maximum Gasteiger partial charge on any atom is 0.328 e. The van der Waals surface area contributed by atoms with Gasteiger partial charge in [-0.25, -0.2) is 4.79 Å². The van der Waals surface area contributed by atoms with Gasteiger partial charge in [-0.2, -0.15) is 0 Å². The highest BCUT2D eigenvalue weighted by Crippen LogP contribution is 2.36. The fourth-order valence-electron chi connectivity index (χ4n) is 3.37. The quantitative estimate of drug-likeness (QED) is 0.431. The first-order chi connectivity index (χ1) is 13.2. The smallest absolute Gasteiger partial charge is 0.328 e. The molecule has 0 aromatic rings. The number of ketones is 1. The number of ether oxygens (including phenoxy) is 1. The molecule has 1 atom stereocenters. The van der Waals surface area contributed by atoms with E-state index in [1.54, 1.807) is 6.92 Å². The fraction of sp³-hybridized carbons (Fsp3) is 0.880. The normalized spacial score (nSPS) is 14.4. The number of hydrogen-bond donors (Lipinski definition) is 1. The molecule has 1 unspecified atom stereocenters. The second-order valence-corrected chi connectivity index (χ2v) is 12.2. The Morgan fingerprint density at radius 3 is 1.67 bits per heavy atom. The summed E-state index contributed by atoms with van der Waals surface area (Å²) in [6.45, 7) is 23.1. The maximum absolute atomic E-state index is 12.8. The van der Waals surface area contributed by atoms with Crippen molar-refractivity contribution >= 4 is 17.7 Å². The van der Waals surface area contributed by atoms with E-state index in [-0.39, 0.29) is 11.7 Å². The fourth-order valence-corrected chi connectivity index (χ4v) is 3.37. The highest BCUT2D eigenvalue weighted by Gasteiger charge is 2.39. The summed E-state index contributed by atoms with van der Waals surface area (Å²) < 4.78 is 5.65. The SMILES string of the molecule is CC(C)CCC(C)(C)OC(=O)C(C)NC(=O)C(C)(C)CCC(C)(C)C(=O)C(C)(C)C. The predicted molar refractivity (Wildman–Crippen MR) is 123 cm³/mol. The second-order valence-electron chi connectivity index (χ2n) is 12.2. The molecule has 0 radical (unpaired) electrons. The van der Waals surface area contributed by atoms with Crippen LogP contribution in [0.3, 0.4) is 0 Å². The van der Waals surface area contributed by atoms with Gasteiger partial charge in [0.1, 0.15) is 17.4 Å². The van der Waals surface area contributed by atoms with E-state index in [0.717, 1.165) is 12.8 Å². The van der Waals surface area contributed by atoms with Gasteiger partial charge in [-0.1, -0.05) is 62.3 Å². The van der Waals surface area contributed by atoms with Gasteiger partial charge in [-0.15, -0.1) is 0 Å². The summed E-state index contributed by atoms with van der Waals surface area (Å²) in [5, 5.41) is 2.80. The number of esters is 1. The third-order valence-corrected chi connectivity index (χ3v) is 5.69. The van der Waals surface area contributed by atoms with E-state index in [1.807, 2.05) is 62.3 Å². The van der Waals surface area contributed by atoms with Crippen molar-refractivity contribution in [3.8, 4) is 0 Å². The zero-order chi connectivity index (χ0) is 24.1. The van der Waals surface area contributed by atoms with E-state index in [1.165, 1.54) is 0 Å². The number of rotatable bonds is 11. The number of carbonyl (C=O) groups is 3. The zero-order valence-corrected chi connectivity index (χ0v) is 21.6. The number of hydrogen-bond acceptors (Lipinski definition) is 4. The molecular weight excluding hydrogens is 378 g/mol. The van der Waals surface area contributed by atoms with Gasteiger partial charge in [0.05, 0.1) is 0 Å². The first kappa shape index (κ1) is 28.6. The minimum atomic E-state index is -0.723. The van der Waals surface area contributed by atoms with Crippen LogP contribution in [0.5, 0.6) is 0 Å². The van der Waals surface area contributed by atoms with Crippen LogP contribution in [0.1, 0.15) is 109 Å². The summed E-state index contributed by atoms with van der Waals surface area (Å²) in [5.41, 5.74) is -2.19. The molecule has 0 saturated heterocycles. The van der Waals surface area contributed by atoms with Gasteiger partial charge in [0, 0.05) is 16.2 Å². The topological polar surface area (TPSA) is 72.5 Å². The Bertz CT molecular complexity index is 609. The van der Waals surface area contributed by atoms with Gasteiger partial charge in [0.15, 0.2) is 0 Å². The lowest BCUT2D eigenvalue weighted by Gasteiger charge is -2.34. The molecule has 0 aromatic heterocycles. The third kappa shape index (κ3) is 9.61. The van der Waals surface area contributed by atoms with Crippen LogP contribution in [0.15, 0.2) is 0 Å². The Labute approximate surface area is 185 Å². The van der Waals surface area contributed by atoms with Crippen LogP contribution in [0.2, 0.25) is 0 Å². The maximum atomic E-state index is 12.8. The lowest BCUT2D eigenvalue weighted by Crippen LogP contribution is -2.47. The van der Waals surface area contributed by atoms with Crippen molar-refractivity contribution in [2.45, 2.75) is 120 Å². The third-order valence-electron chi connectivity index (χ3n) is 5.69. The predicted octanol–water partition coefficient (Wildman–Crippen LogP) is 5.70. The van der Waals surface area contributed by atoms with Crippen LogP contribution < -0.4 is 5.32 Å². The van der Waals surface area contributed by atoms with E-state index in [2.05, 4.69) is 19.2 Å². The van der Waals surface area contributed by atoms with Crippen molar-refractivity contribution in [2.24, 2.45) is 22.2 Å². The van der Waals surface area contributed by atoms with Crippen molar-refractivity contribution in [1.82, 2.24) is 5.32 Å². The standard InChI is InChI=1S/C25H47NO4/c1-17(2)13-14-25(11,12)30-19(27)18(3)26-21(29)24(9,10)16-15-23(7,8)20(28)22(4,5)6/h17-18H,13-16H2,1-12H3,(H,26,29). The molecule has 0 aliphatic rings. The molecule has 0 aliphatic carbocycles. The van der Waals surface area contributed by atoms with E-state index in [9.17, 15) is 14.4 Å². The van der Waals surface area contributed by atoms with Gasteiger partial charge in [0.2, 0.25) is 5.91 Å². The Kier molecular flexibility index (Phi) is 9.80. The first-order valence-corrected chi connectivity index (χ1v) is 11.3. The molecule has 0 heterocycles. The summed E-state index contributed by atoms with van der Waals surface area (Å²) >= 11 is 0. The minimum absolute atomic E-state index is 0.187.